The van der Waals surface area contributed by atoms with E-state index in [4.69, 9.17) is 16.4 Å². The summed E-state index contributed by atoms with van der Waals surface area (Å²) >= 11 is 5.99. The molecule has 0 radical (unpaired) electrons. The summed E-state index contributed by atoms with van der Waals surface area (Å²) in [6, 6.07) is 24.4. The highest BCUT2D eigenvalue weighted by Crippen LogP contribution is 2.26. The summed E-state index contributed by atoms with van der Waals surface area (Å²) in [6.07, 6.45) is 0. The molecule has 0 heterocycles. The topological polar surface area (TPSA) is 21.6 Å². The molecule has 3 rings (SSSR count). The summed E-state index contributed by atoms with van der Waals surface area (Å²) in [5.41, 5.74) is 6.75. The number of nitrogens with zero attached hydrogens (tertiary/aromatic N) is 1. The van der Waals surface area contributed by atoms with Crippen LogP contribution in [0, 0.1) is 12.8 Å². The second-order valence-electron chi connectivity index (χ2n) is 6.87. The van der Waals surface area contributed by atoms with Crippen LogP contribution in [-0.4, -0.2) is 5.71 Å². The number of benzene rings is 3. The highest BCUT2D eigenvalue weighted by Gasteiger charge is 2.11. The Balaban J connectivity index is 1.79. The van der Waals surface area contributed by atoms with Crippen molar-refractivity contribution in [2.45, 2.75) is 27.4 Å². The van der Waals surface area contributed by atoms with E-state index in [1.807, 2.05) is 30.3 Å². The Hall–Kier alpha value is -2.58. The smallest absolute Gasteiger partial charge is 0.142 e. The molecule has 27 heavy (non-hydrogen) atoms. The van der Waals surface area contributed by atoms with Crippen molar-refractivity contribution in [3.8, 4) is 11.1 Å². The van der Waals surface area contributed by atoms with E-state index in [2.05, 4.69) is 68.4 Å². The van der Waals surface area contributed by atoms with E-state index in [-0.39, 0.29) is 5.92 Å². The molecule has 0 amide bonds. The molecular formula is C24H24ClNO. The van der Waals surface area contributed by atoms with Gasteiger partial charge in [0.25, 0.3) is 0 Å². The maximum Gasteiger partial charge on any atom is 0.142 e. The van der Waals surface area contributed by atoms with Gasteiger partial charge in [-0.05, 0) is 52.8 Å². The Kier molecular flexibility index (Phi) is 6.31. The Bertz CT molecular complexity index is 915. The molecule has 0 aliphatic heterocycles. The lowest BCUT2D eigenvalue weighted by molar-refractivity contribution is 0.129. The van der Waals surface area contributed by atoms with Gasteiger partial charge >= 0.3 is 0 Å². The molecule has 0 N–H and O–H groups in total. The summed E-state index contributed by atoms with van der Waals surface area (Å²) in [7, 11) is 0. The molecule has 0 bridgehead atoms. The third kappa shape index (κ3) is 4.78. The van der Waals surface area contributed by atoms with Crippen molar-refractivity contribution in [2.24, 2.45) is 11.1 Å². The molecule has 3 aromatic rings. The molecule has 0 spiro atoms. The quantitative estimate of drug-likeness (QED) is 0.338. The van der Waals surface area contributed by atoms with Gasteiger partial charge in [0.1, 0.15) is 6.61 Å². The van der Waals surface area contributed by atoms with Gasteiger partial charge in [-0.2, -0.15) is 0 Å². The van der Waals surface area contributed by atoms with Crippen LogP contribution in [0.1, 0.15) is 30.5 Å². The van der Waals surface area contributed by atoms with Crippen LogP contribution in [0.2, 0.25) is 5.02 Å². The van der Waals surface area contributed by atoms with Crippen LogP contribution in [-0.2, 0) is 11.4 Å². The van der Waals surface area contributed by atoms with Crippen molar-refractivity contribution in [3.63, 3.8) is 0 Å². The molecule has 0 fully saturated rings. The van der Waals surface area contributed by atoms with Gasteiger partial charge in [-0.3, -0.25) is 0 Å². The lowest BCUT2D eigenvalue weighted by Gasteiger charge is -2.13. The van der Waals surface area contributed by atoms with E-state index < -0.39 is 0 Å². The molecular weight excluding hydrogens is 354 g/mol. The van der Waals surface area contributed by atoms with Gasteiger partial charge < -0.3 is 4.84 Å². The molecule has 0 aromatic heterocycles. The van der Waals surface area contributed by atoms with Crippen LogP contribution in [0.15, 0.2) is 78.0 Å². The van der Waals surface area contributed by atoms with E-state index in [9.17, 15) is 0 Å². The number of halogens is 1. The average Bonchev–Trinajstić information content (AvgIpc) is 2.68. The normalized spacial score (nSPS) is 11.7. The van der Waals surface area contributed by atoms with E-state index in [1.54, 1.807) is 0 Å². The third-order valence-corrected chi connectivity index (χ3v) is 4.85. The molecule has 0 aliphatic carbocycles. The van der Waals surface area contributed by atoms with Gasteiger partial charge in [0, 0.05) is 5.02 Å². The first-order valence-corrected chi connectivity index (χ1v) is 9.53. The van der Waals surface area contributed by atoms with E-state index in [0.29, 0.717) is 6.61 Å². The fourth-order valence-electron chi connectivity index (χ4n) is 3.05. The summed E-state index contributed by atoms with van der Waals surface area (Å²) in [5, 5.41) is 5.15. The molecule has 2 nitrogen and oxygen atoms in total. The molecule has 0 saturated carbocycles. The first-order chi connectivity index (χ1) is 13.1. The standard InChI is InChI=1S/C24H24ClNO/c1-17(2)24(20-12-14-22(25)15-13-20)26-27-16-21-10-7-11-23(18(21)3)19-8-5-4-6-9-19/h4-15,17H,16H2,1-3H3. The number of hydrogen-bond donors (Lipinski definition) is 0. The Morgan fingerprint density at radius 1 is 0.926 bits per heavy atom. The molecule has 0 saturated heterocycles. The van der Waals surface area contributed by atoms with E-state index >= 15 is 0 Å². The fraction of sp³-hybridized carbons (Fsp3) is 0.208. The Labute approximate surface area is 166 Å². The van der Waals surface area contributed by atoms with Gasteiger partial charge in [0.2, 0.25) is 0 Å². The van der Waals surface area contributed by atoms with Crippen molar-refractivity contribution >= 4 is 17.3 Å². The highest BCUT2D eigenvalue weighted by molar-refractivity contribution is 6.30. The van der Waals surface area contributed by atoms with Crippen molar-refractivity contribution in [1.29, 1.82) is 0 Å². The first-order valence-electron chi connectivity index (χ1n) is 9.16. The zero-order valence-electron chi connectivity index (χ0n) is 15.9. The minimum atomic E-state index is 0.253. The summed E-state index contributed by atoms with van der Waals surface area (Å²) in [6.45, 7) is 6.79. The van der Waals surface area contributed by atoms with Crippen LogP contribution < -0.4 is 0 Å². The summed E-state index contributed by atoms with van der Waals surface area (Å²) in [5.74, 6) is 0.253. The van der Waals surface area contributed by atoms with Gasteiger partial charge in [-0.25, -0.2) is 0 Å². The number of rotatable bonds is 6. The average molecular weight is 378 g/mol. The van der Waals surface area contributed by atoms with Gasteiger partial charge in [0.15, 0.2) is 0 Å². The molecule has 3 heteroatoms. The zero-order chi connectivity index (χ0) is 19.2. The van der Waals surface area contributed by atoms with Crippen molar-refractivity contribution < 1.29 is 4.84 Å². The van der Waals surface area contributed by atoms with Crippen molar-refractivity contribution in [2.75, 3.05) is 0 Å². The minimum absolute atomic E-state index is 0.253. The van der Waals surface area contributed by atoms with Gasteiger partial charge in [-0.1, -0.05) is 91.3 Å². The van der Waals surface area contributed by atoms with Crippen LogP contribution >= 0.6 is 11.6 Å². The monoisotopic (exact) mass is 377 g/mol. The van der Waals surface area contributed by atoms with Gasteiger partial charge in [0.05, 0.1) is 5.71 Å². The zero-order valence-corrected chi connectivity index (χ0v) is 16.7. The fourth-order valence-corrected chi connectivity index (χ4v) is 3.18. The summed E-state index contributed by atoms with van der Waals surface area (Å²) < 4.78 is 0. The molecule has 0 unspecified atom stereocenters. The predicted octanol–water partition coefficient (Wildman–Crippen LogP) is 6.89. The number of hydrogen-bond acceptors (Lipinski definition) is 2. The third-order valence-electron chi connectivity index (χ3n) is 4.60. The van der Waals surface area contributed by atoms with Crippen molar-refractivity contribution in [1.82, 2.24) is 0 Å². The maximum atomic E-state index is 5.99. The molecule has 3 aromatic carbocycles. The minimum Gasteiger partial charge on any atom is -0.391 e. The van der Waals surface area contributed by atoms with Crippen LogP contribution in [0.3, 0.4) is 0 Å². The second-order valence-corrected chi connectivity index (χ2v) is 7.30. The van der Waals surface area contributed by atoms with E-state index in [0.717, 1.165) is 21.9 Å². The highest BCUT2D eigenvalue weighted by atomic mass is 35.5. The molecule has 138 valence electrons. The number of oxime groups is 1. The Morgan fingerprint density at radius 2 is 1.63 bits per heavy atom. The Morgan fingerprint density at radius 3 is 2.30 bits per heavy atom. The SMILES string of the molecule is Cc1c(CON=C(c2ccc(Cl)cc2)C(C)C)cccc1-c1ccccc1. The summed E-state index contributed by atoms with van der Waals surface area (Å²) in [4.78, 5) is 5.75. The van der Waals surface area contributed by atoms with E-state index in [1.165, 1.54) is 16.7 Å². The van der Waals surface area contributed by atoms with Crippen LogP contribution in [0.25, 0.3) is 11.1 Å². The molecule has 0 aliphatic rings. The predicted molar refractivity (Wildman–Crippen MR) is 114 cm³/mol. The first kappa shape index (κ1) is 19.2. The van der Waals surface area contributed by atoms with Crippen LogP contribution in [0.4, 0.5) is 0 Å². The lowest BCUT2D eigenvalue weighted by atomic mass is 9.97. The molecule has 0 atom stereocenters. The van der Waals surface area contributed by atoms with Crippen molar-refractivity contribution in [3.05, 3.63) is 94.5 Å². The lowest BCUT2D eigenvalue weighted by Crippen LogP contribution is -2.10. The van der Waals surface area contributed by atoms with Crippen LogP contribution in [0.5, 0.6) is 0 Å². The largest absolute Gasteiger partial charge is 0.391 e. The van der Waals surface area contributed by atoms with Gasteiger partial charge in [-0.15, -0.1) is 0 Å². The maximum absolute atomic E-state index is 5.99. The second kappa shape index (κ2) is 8.88.